The van der Waals surface area contributed by atoms with Crippen LogP contribution >= 0.6 is 11.6 Å². The summed E-state index contributed by atoms with van der Waals surface area (Å²) in [7, 11) is 0. The summed E-state index contributed by atoms with van der Waals surface area (Å²) in [5.74, 6) is 0. The van der Waals surface area contributed by atoms with E-state index in [1.54, 1.807) is 6.07 Å². The lowest BCUT2D eigenvalue weighted by Crippen LogP contribution is -2.37. The average Bonchev–Trinajstić information content (AvgIpc) is 2.16. The maximum atomic E-state index is 10.8. The van der Waals surface area contributed by atoms with Gasteiger partial charge in [0.05, 0.1) is 6.54 Å². The van der Waals surface area contributed by atoms with Crippen LogP contribution in [-0.4, -0.2) is 11.1 Å². The summed E-state index contributed by atoms with van der Waals surface area (Å²) in [5.41, 5.74) is 7.10. The molecule has 0 bridgehead atoms. The first-order valence-corrected chi connectivity index (χ1v) is 4.52. The Kier molecular flexibility index (Phi) is 2.31. The number of primary amides is 1. The van der Waals surface area contributed by atoms with Crippen LogP contribution in [0.4, 0.5) is 4.79 Å². The van der Waals surface area contributed by atoms with E-state index in [0.717, 1.165) is 16.2 Å². The van der Waals surface area contributed by atoms with Crippen LogP contribution in [0.5, 0.6) is 0 Å². The Labute approximate surface area is 86.2 Å². The third-order valence-corrected chi connectivity index (χ3v) is 2.34. The molecule has 2 rings (SSSR count). The molecule has 74 valence electrons. The molecule has 0 fully saturated rings. The number of carbonyl (C=O) groups excluding carboxylic acids is 1. The summed E-state index contributed by atoms with van der Waals surface area (Å²) < 4.78 is 0. The van der Waals surface area contributed by atoms with Crippen LogP contribution in [0.1, 0.15) is 11.1 Å². The van der Waals surface area contributed by atoms with E-state index in [-0.39, 0.29) is 0 Å². The molecule has 0 aromatic heterocycles. The maximum Gasteiger partial charge on any atom is 0.339 e. The Morgan fingerprint density at radius 1 is 1.50 bits per heavy atom. The van der Waals surface area contributed by atoms with Crippen molar-refractivity contribution >= 4 is 17.6 Å². The monoisotopic (exact) mass is 212 g/mol. The molecule has 1 aliphatic rings. The summed E-state index contributed by atoms with van der Waals surface area (Å²) in [6, 6.07) is 4.91. The summed E-state index contributed by atoms with van der Waals surface area (Å²) in [6.07, 6.45) is 0. The number of benzene rings is 1. The molecule has 0 aliphatic carbocycles. The van der Waals surface area contributed by atoms with E-state index < -0.39 is 6.03 Å². The zero-order chi connectivity index (χ0) is 10.1. The van der Waals surface area contributed by atoms with E-state index in [1.807, 2.05) is 12.1 Å². The smallest absolute Gasteiger partial charge is 0.339 e. The summed E-state index contributed by atoms with van der Waals surface area (Å²) in [4.78, 5) is 16.0. The van der Waals surface area contributed by atoms with Crippen molar-refractivity contribution in [3.8, 4) is 0 Å². The highest BCUT2D eigenvalue weighted by Gasteiger charge is 2.19. The molecular weight excluding hydrogens is 204 g/mol. The second-order valence-electron chi connectivity index (χ2n) is 3.06. The number of halogens is 1. The number of amides is 2. The van der Waals surface area contributed by atoms with E-state index in [0.29, 0.717) is 18.2 Å². The molecule has 1 heterocycles. The lowest BCUT2D eigenvalue weighted by molar-refractivity contribution is -0.142. The van der Waals surface area contributed by atoms with Gasteiger partial charge in [-0.1, -0.05) is 17.7 Å². The van der Waals surface area contributed by atoms with Crippen LogP contribution in [0.15, 0.2) is 18.2 Å². The van der Waals surface area contributed by atoms with Crippen LogP contribution in [0.3, 0.4) is 0 Å². The molecule has 1 aromatic carbocycles. The van der Waals surface area contributed by atoms with E-state index in [4.69, 9.17) is 22.2 Å². The van der Waals surface area contributed by atoms with Crippen molar-refractivity contribution in [2.75, 3.05) is 0 Å². The van der Waals surface area contributed by atoms with Gasteiger partial charge < -0.3 is 5.73 Å². The topological polar surface area (TPSA) is 55.6 Å². The molecule has 2 N–H and O–H groups in total. The predicted octanol–water partition coefficient (Wildman–Crippen LogP) is 1.67. The van der Waals surface area contributed by atoms with E-state index in [9.17, 15) is 4.79 Å². The van der Waals surface area contributed by atoms with Crippen molar-refractivity contribution in [3.05, 3.63) is 34.3 Å². The average molecular weight is 213 g/mol. The van der Waals surface area contributed by atoms with E-state index in [1.165, 1.54) is 0 Å². The number of carbonyl (C=O) groups is 1. The zero-order valence-electron chi connectivity index (χ0n) is 7.37. The van der Waals surface area contributed by atoms with Crippen molar-refractivity contribution in [3.63, 3.8) is 0 Å². The highest BCUT2D eigenvalue weighted by Crippen LogP contribution is 2.22. The zero-order valence-corrected chi connectivity index (χ0v) is 8.12. The number of nitrogens with two attached hydrogens (primary N) is 1. The summed E-state index contributed by atoms with van der Waals surface area (Å²) in [6.45, 7) is 0.709. The normalized spacial score (nSPS) is 15.1. The van der Waals surface area contributed by atoms with Crippen molar-refractivity contribution in [1.29, 1.82) is 0 Å². The lowest BCUT2D eigenvalue weighted by Gasteiger charge is -2.26. The molecule has 0 unspecified atom stereocenters. The fourth-order valence-electron chi connectivity index (χ4n) is 1.37. The Balaban J connectivity index is 2.29. The summed E-state index contributed by atoms with van der Waals surface area (Å²) >= 11 is 5.83. The molecule has 0 radical (unpaired) electrons. The molecule has 14 heavy (non-hydrogen) atoms. The SMILES string of the molecule is NC(=O)N1Cc2cc(Cl)ccc2CO1. The van der Waals surface area contributed by atoms with Crippen molar-refractivity contribution < 1.29 is 9.63 Å². The standard InChI is InChI=1S/C9H9ClN2O2/c10-8-2-1-6-5-14-12(9(11)13)4-7(6)3-8/h1-3H,4-5H2,(H2,11,13). The first-order valence-electron chi connectivity index (χ1n) is 4.14. The van der Waals surface area contributed by atoms with Gasteiger partial charge in [0.15, 0.2) is 0 Å². The van der Waals surface area contributed by atoms with Gasteiger partial charge in [-0.3, -0.25) is 4.84 Å². The largest absolute Gasteiger partial charge is 0.350 e. The quantitative estimate of drug-likeness (QED) is 0.711. The minimum Gasteiger partial charge on any atom is -0.350 e. The lowest BCUT2D eigenvalue weighted by atomic mass is 10.1. The van der Waals surface area contributed by atoms with Crippen LogP contribution in [-0.2, 0) is 18.0 Å². The fraction of sp³-hybridized carbons (Fsp3) is 0.222. The minimum atomic E-state index is -0.587. The Bertz CT molecular complexity index is 381. The molecule has 5 heteroatoms. The van der Waals surface area contributed by atoms with Crippen LogP contribution < -0.4 is 5.73 Å². The molecule has 0 saturated carbocycles. The van der Waals surface area contributed by atoms with Gasteiger partial charge in [0.2, 0.25) is 0 Å². The van der Waals surface area contributed by atoms with Gasteiger partial charge in [-0.2, -0.15) is 5.06 Å². The first-order chi connectivity index (χ1) is 6.66. The molecule has 2 amide bonds. The minimum absolute atomic E-state index is 0.352. The number of rotatable bonds is 0. The van der Waals surface area contributed by atoms with Crippen LogP contribution in [0.2, 0.25) is 5.02 Å². The Morgan fingerprint density at radius 3 is 3.00 bits per heavy atom. The fourth-order valence-corrected chi connectivity index (χ4v) is 1.57. The van der Waals surface area contributed by atoms with Crippen molar-refractivity contribution in [2.24, 2.45) is 5.73 Å². The third kappa shape index (κ3) is 1.66. The number of fused-ring (bicyclic) bond motifs is 1. The highest BCUT2D eigenvalue weighted by atomic mass is 35.5. The number of hydrogen-bond donors (Lipinski definition) is 1. The van der Waals surface area contributed by atoms with E-state index in [2.05, 4.69) is 0 Å². The maximum absolute atomic E-state index is 10.8. The number of nitrogens with zero attached hydrogens (tertiary/aromatic N) is 1. The number of hydroxylamine groups is 2. The second kappa shape index (κ2) is 3.48. The number of hydrogen-bond acceptors (Lipinski definition) is 2. The van der Waals surface area contributed by atoms with Crippen LogP contribution in [0, 0.1) is 0 Å². The Hall–Kier alpha value is -1.26. The molecular formula is C9H9ClN2O2. The van der Waals surface area contributed by atoms with E-state index >= 15 is 0 Å². The molecule has 0 spiro atoms. The molecule has 0 atom stereocenters. The van der Waals surface area contributed by atoms with Gasteiger partial charge >= 0.3 is 6.03 Å². The van der Waals surface area contributed by atoms with Crippen LogP contribution in [0.25, 0.3) is 0 Å². The first kappa shape index (κ1) is 9.30. The van der Waals surface area contributed by atoms with Gasteiger partial charge in [-0.05, 0) is 23.3 Å². The third-order valence-electron chi connectivity index (χ3n) is 2.10. The van der Waals surface area contributed by atoms with Gasteiger partial charge in [0, 0.05) is 5.02 Å². The Morgan fingerprint density at radius 2 is 2.29 bits per heavy atom. The van der Waals surface area contributed by atoms with Gasteiger partial charge in [-0.15, -0.1) is 0 Å². The van der Waals surface area contributed by atoms with Crippen molar-refractivity contribution in [2.45, 2.75) is 13.2 Å². The highest BCUT2D eigenvalue weighted by molar-refractivity contribution is 6.30. The molecule has 0 saturated heterocycles. The summed E-state index contributed by atoms with van der Waals surface area (Å²) in [5, 5.41) is 1.77. The van der Waals surface area contributed by atoms with Gasteiger partial charge in [0.25, 0.3) is 0 Å². The molecule has 4 nitrogen and oxygen atoms in total. The second-order valence-corrected chi connectivity index (χ2v) is 3.50. The van der Waals surface area contributed by atoms with Gasteiger partial charge in [-0.25, -0.2) is 4.79 Å². The molecule has 1 aliphatic heterocycles. The number of urea groups is 1. The predicted molar refractivity (Wildman–Crippen MR) is 51.4 cm³/mol. The van der Waals surface area contributed by atoms with Gasteiger partial charge in [0.1, 0.15) is 6.61 Å². The van der Waals surface area contributed by atoms with Crippen molar-refractivity contribution in [1.82, 2.24) is 5.06 Å². The molecule has 1 aromatic rings.